The quantitative estimate of drug-likeness (QED) is 0.645. The highest BCUT2D eigenvalue weighted by atomic mass is 16.2. The number of rotatable bonds is 2. The lowest BCUT2D eigenvalue weighted by Crippen LogP contribution is -2.34. The molecule has 0 saturated heterocycles. The molecule has 0 aromatic heterocycles. The second-order valence-electron chi connectivity index (χ2n) is 4.04. The van der Waals surface area contributed by atoms with E-state index < -0.39 is 0 Å². The predicted molar refractivity (Wildman–Crippen MR) is 50.1 cm³/mol. The highest BCUT2D eigenvalue weighted by molar-refractivity contribution is 5.82. The highest BCUT2D eigenvalue weighted by Crippen LogP contribution is 2.40. The smallest absolute Gasteiger partial charge is 0.223 e. The molecular formula is C10H17NO2. The Morgan fingerprint density at radius 1 is 1.38 bits per heavy atom. The van der Waals surface area contributed by atoms with Gasteiger partial charge in [0.1, 0.15) is 6.29 Å². The van der Waals surface area contributed by atoms with Crippen LogP contribution in [0.4, 0.5) is 0 Å². The molecule has 0 aromatic carbocycles. The van der Waals surface area contributed by atoms with E-state index in [9.17, 15) is 9.59 Å². The molecular weight excluding hydrogens is 166 g/mol. The molecule has 4 unspecified atom stereocenters. The third kappa shape index (κ3) is 1.74. The number of carbonyl (C=O) groups is 2. The van der Waals surface area contributed by atoms with Crippen LogP contribution in [-0.2, 0) is 9.59 Å². The van der Waals surface area contributed by atoms with Crippen molar-refractivity contribution in [2.24, 2.45) is 23.7 Å². The fourth-order valence-corrected chi connectivity index (χ4v) is 2.44. The van der Waals surface area contributed by atoms with Crippen LogP contribution in [0, 0.1) is 23.7 Å². The van der Waals surface area contributed by atoms with Crippen LogP contribution in [0.15, 0.2) is 0 Å². The molecule has 1 fully saturated rings. The lowest BCUT2D eigenvalue weighted by molar-refractivity contribution is -0.129. The molecule has 13 heavy (non-hydrogen) atoms. The van der Waals surface area contributed by atoms with E-state index in [1.54, 1.807) is 7.05 Å². The molecule has 0 spiro atoms. The van der Waals surface area contributed by atoms with Crippen LogP contribution in [0.25, 0.3) is 0 Å². The summed E-state index contributed by atoms with van der Waals surface area (Å²) < 4.78 is 0. The van der Waals surface area contributed by atoms with Crippen molar-refractivity contribution < 1.29 is 9.59 Å². The first kappa shape index (κ1) is 10.2. The average molecular weight is 183 g/mol. The van der Waals surface area contributed by atoms with Gasteiger partial charge in [0, 0.05) is 13.0 Å². The first-order chi connectivity index (χ1) is 6.11. The molecule has 3 nitrogen and oxygen atoms in total. The molecule has 1 aliphatic rings. The van der Waals surface area contributed by atoms with Crippen LogP contribution in [0.2, 0.25) is 0 Å². The van der Waals surface area contributed by atoms with Gasteiger partial charge in [0.25, 0.3) is 0 Å². The molecule has 1 aliphatic carbocycles. The lowest BCUT2D eigenvalue weighted by atomic mass is 9.88. The summed E-state index contributed by atoms with van der Waals surface area (Å²) in [6.07, 6.45) is 1.91. The summed E-state index contributed by atoms with van der Waals surface area (Å²) in [7, 11) is 1.62. The van der Waals surface area contributed by atoms with Crippen LogP contribution in [0.1, 0.15) is 20.3 Å². The van der Waals surface area contributed by atoms with Gasteiger partial charge in [-0.25, -0.2) is 0 Å². The van der Waals surface area contributed by atoms with Gasteiger partial charge in [0.2, 0.25) is 5.91 Å². The normalized spacial score (nSPS) is 38.7. The summed E-state index contributed by atoms with van der Waals surface area (Å²) in [6.45, 7) is 4.08. The minimum absolute atomic E-state index is 0.00829. The van der Waals surface area contributed by atoms with Crippen molar-refractivity contribution in [3.8, 4) is 0 Å². The maximum absolute atomic E-state index is 11.5. The Labute approximate surface area is 78.9 Å². The molecule has 0 heterocycles. The molecule has 0 aromatic rings. The summed E-state index contributed by atoms with van der Waals surface area (Å²) in [5.74, 6) is 0.473. The Balaban J connectivity index is 2.80. The Hall–Kier alpha value is -0.860. The SMILES string of the molecule is CNC(=O)C1C(C)CC(C)C1C=O. The van der Waals surface area contributed by atoms with Crippen molar-refractivity contribution in [1.82, 2.24) is 5.32 Å². The number of hydrogen-bond acceptors (Lipinski definition) is 2. The summed E-state index contributed by atoms with van der Waals surface area (Å²) in [5, 5.41) is 2.62. The molecule has 4 atom stereocenters. The Morgan fingerprint density at radius 2 is 2.00 bits per heavy atom. The highest BCUT2D eigenvalue weighted by Gasteiger charge is 2.42. The number of hydrogen-bond donors (Lipinski definition) is 1. The Morgan fingerprint density at radius 3 is 2.46 bits per heavy atom. The fourth-order valence-electron chi connectivity index (χ4n) is 2.44. The van der Waals surface area contributed by atoms with Gasteiger partial charge in [0.15, 0.2) is 0 Å². The van der Waals surface area contributed by atoms with E-state index in [0.29, 0.717) is 11.8 Å². The molecule has 1 rings (SSSR count). The molecule has 1 amide bonds. The third-order valence-corrected chi connectivity index (χ3v) is 3.13. The van der Waals surface area contributed by atoms with E-state index >= 15 is 0 Å². The topological polar surface area (TPSA) is 46.2 Å². The minimum atomic E-state index is -0.113. The van der Waals surface area contributed by atoms with Crippen molar-refractivity contribution >= 4 is 12.2 Å². The summed E-state index contributed by atoms with van der Waals surface area (Å²) >= 11 is 0. The average Bonchev–Trinajstić information content (AvgIpc) is 2.39. The first-order valence-corrected chi connectivity index (χ1v) is 4.78. The molecule has 0 bridgehead atoms. The van der Waals surface area contributed by atoms with Crippen LogP contribution >= 0.6 is 0 Å². The van der Waals surface area contributed by atoms with Crippen LogP contribution in [0.5, 0.6) is 0 Å². The zero-order valence-electron chi connectivity index (χ0n) is 8.41. The van der Waals surface area contributed by atoms with Gasteiger partial charge in [-0.15, -0.1) is 0 Å². The molecule has 0 radical (unpaired) electrons. The van der Waals surface area contributed by atoms with Crippen molar-refractivity contribution in [2.45, 2.75) is 20.3 Å². The van der Waals surface area contributed by atoms with E-state index in [-0.39, 0.29) is 17.7 Å². The van der Waals surface area contributed by atoms with Crippen molar-refractivity contribution in [2.75, 3.05) is 7.05 Å². The van der Waals surface area contributed by atoms with Crippen molar-refractivity contribution in [1.29, 1.82) is 0 Å². The summed E-state index contributed by atoms with van der Waals surface area (Å²) in [4.78, 5) is 22.3. The second kappa shape index (κ2) is 3.90. The molecule has 1 N–H and O–H groups in total. The summed E-state index contributed by atoms with van der Waals surface area (Å²) in [5.41, 5.74) is 0. The van der Waals surface area contributed by atoms with E-state index in [2.05, 4.69) is 5.32 Å². The molecule has 0 aliphatic heterocycles. The largest absolute Gasteiger partial charge is 0.359 e. The lowest BCUT2D eigenvalue weighted by Gasteiger charge is -2.17. The van der Waals surface area contributed by atoms with Crippen LogP contribution < -0.4 is 5.32 Å². The zero-order valence-corrected chi connectivity index (χ0v) is 8.41. The number of amides is 1. The monoisotopic (exact) mass is 183 g/mol. The molecule has 74 valence electrons. The van der Waals surface area contributed by atoms with Gasteiger partial charge >= 0.3 is 0 Å². The molecule has 3 heteroatoms. The van der Waals surface area contributed by atoms with E-state index in [4.69, 9.17) is 0 Å². The van der Waals surface area contributed by atoms with Crippen LogP contribution in [0.3, 0.4) is 0 Å². The molecule has 1 saturated carbocycles. The van der Waals surface area contributed by atoms with Gasteiger partial charge < -0.3 is 10.1 Å². The van der Waals surface area contributed by atoms with E-state index in [1.165, 1.54) is 0 Å². The standard InChI is InChI=1S/C10H17NO2/c1-6-4-7(2)9(8(6)5-12)10(13)11-3/h5-9H,4H2,1-3H3,(H,11,13). The number of aldehydes is 1. The predicted octanol–water partition coefficient (Wildman–Crippen LogP) is 0.840. The number of carbonyl (C=O) groups excluding carboxylic acids is 2. The second-order valence-corrected chi connectivity index (χ2v) is 4.04. The maximum atomic E-state index is 11.5. The fraction of sp³-hybridized carbons (Fsp3) is 0.800. The summed E-state index contributed by atoms with van der Waals surface area (Å²) in [6, 6.07) is 0. The number of nitrogens with one attached hydrogen (secondary N) is 1. The van der Waals surface area contributed by atoms with Gasteiger partial charge in [-0.3, -0.25) is 4.79 Å². The Kier molecular flexibility index (Phi) is 3.07. The van der Waals surface area contributed by atoms with Gasteiger partial charge in [-0.05, 0) is 18.3 Å². The third-order valence-electron chi connectivity index (χ3n) is 3.13. The van der Waals surface area contributed by atoms with Crippen LogP contribution in [-0.4, -0.2) is 19.2 Å². The van der Waals surface area contributed by atoms with Crippen molar-refractivity contribution in [3.05, 3.63) is 0 Å². The van der Waals surface area contributed by atoms with E-state index in [1.807, 2.05) is 13.8 Å². The maximum Gasteiger partial charge on any atom is 0.223 e. The minimum Gasteiger partial charge on any atom is -0.359 e. The first-order valence-electron chi connectivity index (χ1n) is 4.78. The Bertz CT molecular complexity index is 215. The van der Waals surface area contributed by atoms with Gasteiger partial charge in [-0.1, -0.05) is 13.8 Å². The van der Waals surface area contributed by atoms with E-state index in [0.717, 1.165) is 12.7 Å². The van der Waals surface area contributed by atoms with Gasteiger partial charge in [0.05, 0.1) is 5.92 Å². The van der Waals surface area contributed by atoms with Crippen molar-refractivity contribution in [3.63, 3.8) is 0 Å². The van der Waals surface area contributed by atoms with Gasteiger partial charge in [-0.2, -0.15) is 0 Å². The zero-order chi connectivity index (χ0) is 10.0.